The van der Waals surface area contributed by atoms with Gasteiger partial charge in [-0.25, -0.2) is 0 Å². The van der Waals surface area contributed by atoms with Crippen molar-refractivity contribution in [3.63, 3.8) is 0 Å². The van der Waals surface area contributed by atoms with E-state index in [9.17, 15) is 0 Å². The molecule has 2 aromatic heterocycles. The Labute approximate surface area is 353 Å². The second-order valence-corrected chi connectivity index (χ2v) is 15.7. The zero-order chi connectivity index (χ0) is 40.3. The van der Waals surface area contributed by atoms with E-state index in [0.29, 0.717) is 0 Å². The van der Waals surface area contributed by atoms with Crippen LogP contribution in [0, 0.1) is 0 Å². The lowest BCUT2D eigenvalue weighted by atomic mass is 10.0. The Bertz CT molecular complexity index is 3450. The summed E-state index contributed by atoms with van der Waals surface area (Å²) < 4.78 is 9.45. The Hall–Kier alpha value is -8.14. The number of hydrogen-bond acceptors (Lipinski definition) is 2. The number of fused-ring (bicyclic) bond motifs is 9. The molecule has 2 heterocycles. The Morgan fingerprint density at radius 3 is 1.41 bits per heavy atom. The van der Waals surface area contributed by atoms with E-state index in [0.717, 1.165) is 61.1 Å². The lowest BCUT2D eigenvalue weighted by Gasteiger charge is -2.28. The van der Waals surface area contributed by atoms with Crippen molar-refractivity contribution in [2.75, 3.05) is 4.90 Å². The molecule has 286 valence electrons. The van der Waals surface area contributed by atoms with Crippen molar-refractivity contribution in [1.29, 1.82) is 0 Å². The Morgan fingerprint density at radius 2 is 0.836 bits per heavy atom. The van der Waals surface area contributed by atoms with E-state index < -0.39 is 0 Å². The molecule has 0 fully saturated rings. The summed E-state index contributed by atoms with van der Waals surface area (Å²) in [5, 5.41) is 6.81. The first kappa shape index (κ1) is 34.9. The number of nitrogens with zero attached hydrogens (tertiary/aromatic N) is 2. The van der Waals surface area contributed by atoms with E-state index >= 15 is 0 Å². The molecule has 3 nitrogen and oxygen atoms in total. The van der Waals surface area contributed by atoms with E-state index in [1.807, 2.05) is 0 Å². The van der Waals surface area contributed by atoms with Crippen LogP contribution in [0.25, 0.3) is 93.6 Å². The van der Waals surface area contributed by atoms with Gasteiger partial charge in [0.15, 0.2) is 0 Å². The van der Waals surface area contributed by atoms with Gasteiger partial charge in [0, 0.05) is 33.2 Å². The van der Waals surface area contributed by atoms with E-state index in [1.54, 1.807) is 0 Å². The summed E-state index contributed by atoms with van der Waals surface area (Å²) in [5.74, 6) is 0. The maximum atomic E-state index is 6.99. The number of rotatable bonds is 7. The monoisotopic (exact) mass is 778 g/mol. The SMILES string of the molecule is c1ccc(-c2ccc(N(c3ccc(-c4ccccc4)cc3)c3cc4c5ccccc5oc4c4c5c6ccccc6ccc5n(-c5ccc(-c6ccccc6)cc5)c34)cc2)cc1. The summed E-state index contributed by atoms with van der Waals surface area (Å²) >= 11 is 0. The van der Waals surface area contributed by atoms with Crippen LogP contribution < -0.4 is 4.90 Å². The second-order valence-electron chi connectivity index (χ2n) is 15.7. The maximum absolute atomic E-state index is 6.99. The topological polar surface area (TPSA) is 21.3 Å². The Balaban J connectivity index is 1.20. The summed E-state index contributed by atoms with van der Waals surface area (Å²) in [6, 6.07) is 82.9. The highest BCUT2D eigenvalue weighted by molar-refractivity contribution is 6.32. The fourth-order valence-electron chi connectivity index (χ4n) is 9.29. The molecule has 0 atom stereocenters. The summed E-state index contributed by atoms with van der Waals surface area (Å²) in [6.07, 6.45) is 0. The van der Waals surface area contributed by atoms with Gasteiger partial charge in [0.05, 0.1) is 22.1 Å². The highest BCUT2D eigenvalue weighted by Gasteiger charge is 2.27. The fourth-order valence-corrected chi connectivity index (χ4v) is 9.29. The largest absolute Gasteiger partial charge is 0.455 e. The highest BCUT2D eigenvalue weighted by atomic mass is 16.3. The minimum absolute atomic E-state index is 0.871. The summed E-state index contributed by atoms with van der Waals surface area (Å²) in [6.45, 7) is 0. The van der Waals surface area contributed by atoms with E-state index in [4.69, 9.17) is 4.42 Å². The molecule has 0 aliphatic rings. The quantitative estimate of drug-likeness (QED) is 0.161. The molecule has 0 unspecified atom stereocenters. The van der Waals surface area contributed by atoms with Crippen molar-refractivity contribution in [3.05, 3.63) is 231 Å². The normalized spacial score (nSPS) is 11.6. The van der Waals surface area contributed by atoms with Gasteiger partial charge >= 0.3 is 0 Å². The third-order valence-corrected chi connectivity index (χ3v) is 12.2. The van der Waals surface area contributed by atoms with Crippen molar-refractivity contribution >= 4 is 71.6 Å². The molecule has 0 aliphatic carbocycles. The number of anilines is 3. The van der Waals surface area contributed by atoms with Crippen LogP contribution in [0.3, 0.4) is 0 Å². The minimum Gasteiger partial charge on any atom is -0.455 e. The third kappa shape index (κ3) is 5.82. The van der Waals surface area contributed by atoms with Gasteiger partial charge in [-0.05, 0) is 98.8 Å². The zero-order valence-electron chi connectivity index (χ0n) is 33.2. The number of aromatic nitrogens is 1. The number of para-hydroxylation sites is 1. The molecule has 0 amide bonds. The van der Waals surface area contributed by atoms with Gasteiger partial charge in [0.1, 0.15) is 11.2 Å². The van der Waals surface area contributed by atoms with E-state index in [1.165, 1.54) is 49.5 Å². The predicted octanol–water partition coefficient (Wildman–Crippen LogP) is 16.3. The van der Waals surface area contributed by atoms with Crippen molar-refractivity contribution in [2.45, 2.75) is 0 Å². The molecule has 0 saturated heterocycles. The highest BCUT2D eigenvalue weighted by Crippen LogP contribution is 2.50. The number of benzene rings is 10. The van der Waals surface area contributed by atoms with Crippen LogP contribution in [0.15, 0.2) is 235 Å². The molecule has 12 rings (SSSR count). The van der Waals surface area contributed by atoms with Crippen LogP contribution in [0.4, 0.5) is 17.1 Å². The van der Waals surface area contributed by atoms with Gasteiger partial charge in [-0.3, -0.25) is 0 Å². The van der Waals surface area contributed by atoms with E-state index in [2.05, 4.69) is 240 Å². The molecular weight excluding hydrogens is 741 g/mol. The molecule has 12 aromatic rings. The first-order chi connectivity index (χ1) is 30.3. The van der Waals surface area contributed by atoms with Crippen LogP contribution in [0.1, 0.15) is 0 Å². The summed E-state index contributed by atoms with van der Waals surface area (Å²) in [7, 11) is 0. The molecule has 0 N–H and O–H groups in total. The lowest BCUT2D eigenvalue weighted by molar-refractivity contribution is 0.673. The van der Waals surface area contributed by atoms with Crippen molar-refractivity contribution in [1.82, 2.24) is 4.57 Å². The van der Waals surface area contributed by atoms with Crippen LogP contribution in [-0.2, 0) is 0 Å². The maximum Gasteiger partial charge on any atom is 0.145 e. The van der Waals surface area contributed by atoms with Gasteiger partial charge in [-0.2, -0.15) is 0 Å². The average Bonchev–Trinajstić information content (AvgIpc) is 3.90. The Kier molecular flexibility index (Phi) is 8.17. The smallest absolute Gasteiger partial charge is 0.145 e. The molecule has 0 radical (unpaired) electrons. The second kappa shape index (κ2) is 14.3. The number of furan rings is 1. The van der Waals surface area contributed by atoms with Crippen LogP contribution in [0.2, 0.25) is 0 Å². The first-order valence-corrected chi connectivity index (χ1v) is 20.8. The molecular formula is C58H38N2O. The van der Waals surface area contributed by atoms with Crippen LogP contribution in [0.5, 0.6) is 0 Å². The molecule has 0 aliphatic heterocycles. The molecule has 0 saturated carbocycles. The summed E-state index contributed by atoms with van der Waals surface area (Å²) in [5.41, 5.74) is 15.3. The van der Waals surface area contributed by atoms with Gasteiger partial charge in [0.2, 0.25) is 0 Å². The van der Waals surface area contributed by atoms with Crippen molar-refractivity contribution in [2.24, 2.45) is 0 Å². The van der Waals surface area contributed by atoms with Crippen molar-refractivity contribution in [3.8, 4) is 39.1 Å². The fraction of sp³-hybridized carbons (Fsp3) is 0. The predicted molar refractivity (Wildman–Crippen MR) is 257 cm³/mol. The van der Waals surface area contributed by atoms with Gasteiger partial charge in [-0.1, -0.05) is 176 Å². The zero-order valence-corrected chi connectivity index (χ0v) is 33.2. The van der Waals surface area contributed by atoms with Gasteiger partial charge in [-0.15, -0.1) is 0 Å². The molecule has 3 heteroatoms. The van der Waals surface area contributed by atoms with E-state index in [-0.39, 0.29) is 0 Å². The summed E-state index contributed by atoms with van der Waals surface area (Å²) in [4.78, 5) is 2.43. The molecule has 0 bridgehead atoms. The lowest BCUT2D eigenvalue weighted by Crippen LogP contribution is -2.12. The Morgan fingerprint density at radius 1 is 0.361 bits per heavy atom. The molecule has 0 spiro atoms. The number of hydrogen-bond donors (Lipinski definition) is 0. The minimum atomic E-state index is 0.871. The van der Waals surface area contributed by atoms with Crippen LogP contribution in [-0.4, -0.2) is 4.57 Å². The molecule has 61 heavy (non-hydrogen) atoms. The van der Waals surface area contributed by atoms with Gasteiger partial charge in [0.25, 0.3) is 0 Å². The van der Waals surface area contributed by atoms with Crippen LogP contribution >= 0.6 is 0 Å². The average molecular weight is 779 g/mol. The third-order valence-electron chi connectivity index (χ3n) is 12.2. The molecule has 10 aromatic carbocycles. The standard InChI is InChI=1S/C58H38N2O/c1-4-14-39(15-5-1)42-24-31-46(32-25-42)59(47-33-26-43(27-34-47)40-16-6-2-7-17-40)53-38-51-50-22-12-13-23-54(50)61-58(51)56-55-49-21-11-10-20-45(49)30-37-52(55)60(57(53)56)48-35-28-44(29-36-48)41-18-8-3-9-19-41/h1-38H. The first-order valence-electron chi connectivity index (χ1n) is 20.8. The van der Waals surface area contributed by atoms with Crippen molar-refractivity contribution < 1.29 is 4.42 Å². The van der Waals surface area contributed by atoms with Gasteiger partial charge < -0.3 is 13.9 Å².